The van der Waals surface area contributed by atoms with Gasteiger partial charge in [-0.15, -0.1) is 0 Å². The molecular weight excluding hydrogens is 393 g/mol. The summed E-state index contributed by atoms with van der Waals surface area (Å²) in [4.78, 5) is 17.3. The van der Waals surface area contributed by atoms with Crippen LogP contribution in [0.5, 0.6) is 5.75 Å². The third kappa shape index (κ3) is 4.03. The van der Waals surface area contributed by atoms with Crippen molar-refractivity contribution in [2.45, 2.75) is 31.0 Å². The van der Waals surface area contributed by atoms with Gasteiger partial charge in [0.05, 0.1) is 18.1 Å². The molecule has 0 aromatic heterocycles. The molecule has 1 aliphatic heterocycles. The van der Waals surface area contributed by atoms with Gasteiger partial charge in [0.1, 0.15) is 5.75 Å². The zero-order valence-corrected chi connectivity index (χ0v) is 16.9. The fourth-order valence-corrected chi connectivity index (χ4v) is 4.23. The number of benzene rings is 2. The number of alkyl halides is 3. The minimum absolute atomic E-state index is 0.0428. The Hall–Kier alpha value is -2.54. The van der Waals surface area contributed by atoms with Crippen molar-refractivity contribution in [2.75, 3.05) is 33.3 Å². The number of nitrogens with zero attached hydrogens (tertiary/aromatic N) is 2. The Morgan fingerprint density at radius 2 is 1.73 bits per heavy atom. The highest BCUT2D eigenvalue weighted by molar-refractivity contribution is 5.91. The lowest BCUT2D eigenvalue weighted by Gasteiger charge is -2.37. The zero-order chi connectivity index (χ0) is 21.4. The van der Waals surface area contributed by atoms with Gasteiger partial charge in [-0.05, 0) is 30.5 Å². The minimum Gasteiger partial charge on any atom is -0.496 e. The second kappa shape index (κ2) is 7.95. The maximum atomic E-state index is 13.2. The molecule has 1 aliphatic carbocycles. The van der Waals surface area contributed by atoms with Crippen LogP contribution in [0.4, 0.5) is 13.2 Å². The highest BCUT2D eigenvalue weighted by Crippen LogP contribution is 2.50. The molecule has 4 nitrogen and oxygen atoms in total. The molecule has 0 spiro atoms. The normalized spacial score (nSPS) is 18.9. The summed E-state index contributed by atoms with van der Waals surface area (Å²) in [6.45, 7) is 3.35. The molecule has 4 rings (SSSR count). The largest absolute Gasteiger partial charge is 0.496 e. The van der Waals surface area contributed by atoms with E-state index in [1.54, 1.807) is 13.2 Å². The monoisotopic (exact) mass is 418 g/mol. The van der Waals surface area contributed by atoms with E-state index in [1.807, 2.05) is 29.2 Å². The number of para-hydroxylation sites is 1. The molecule has 160 valence electrons. The molecule has 1 saturated carbocycles. The first kappa shape index (κ1) is 20.7. The lowest BCUT2D eigenvalue weighted by atomic mass is 9.92. The zero-order valence-electron chi connectivity index (χ0n) is 16.9. The fourth-order valence-electron chi connectivity index (χ4n) is 4.23. The van der Waals surface area contributed by atoms with Crippen LogP contribution < -0.4 is 4.74 Å². The summed E-state index contributed by atoms with van der Waals surface area (Å²) >= 11 is 0. The highest BCUT2D eigenvalue weighted by atomic mass is 19.4. The molecule has 0 unspecified atom stereocenters. The van der Waals surface area contributed by atoms with Crippen molar-refractivity contribution in [1.82, 2.24) is 9.80 Å². The summed E-state index contributed by atoms with van der Waals surface area (Å²) in [5.41, 5.74) is 0.105. The predicted octanol–water partition coefficient (Wildman–Crippen LogP) is 4.09. The summed E-state index contributed by atoms with van der Waals surface area (Å²) in [6.07, 6.45) is -3.19. The van der Waals surface area contributed by atoms with Gasteiger partial charge in [-0.3, -0.25) is 9.69 Å². The third-order valence-electron chi connectivity index (χ3n) is 6.15. The van der Waals surface area contributed by atoms with Gasteiger partial charge in [0.25, 0.3) is 0 Å². The van der Waals surface area contributed by atoms with Gasteiger partial charge in [0.2, 0.25) is 5.91 Å². The van der Waals surface area contributed by atoms with E-state index in [9.17, 15) is 18.0 Å². The Balaban J connectivity index is 1.41. The smallest absolute Gasteiger partial charge is 0.416 e. The average Bonchev–Trinajstić information content (AvgIpc) is 3.56. The van der Waals surface area contributed by atoms with Crippen molar-refractivity contribution in [1.29, 1.82) is 0 Å². The maximum Gasteiger partial charge on any atom is 0.416 e. The molecule has 1 heterocycles. The molecule has 0 atom stereocenters. The number of halogens is 3. The lowest BCUT2D eigenvalue weighted by molar-refractivity contribution is -0.138. The van der Waals surface area contributed by atoms with Crippen LogP contribution in [0.1, 0.15) is 29.5 Å². The Bertz CT molecular complexity index is 917. The first-order valence-corrected chi connectivity index (χ1v) is 10.1. The van der Waals surface area contributed by atoms with Crippen LogP contribution in [0, 0.1) is 0 Å². The van der Waals surface area contributed by atoms with Crippen LogP contribution in [-0.4, -0.2) is 49.0 Å². The lowest BCUT2D eigenvalue weighted by Crippen LogP contribution is -2.51. The molecular formula is C23H25F3N2O2. The molecule has 2 aromatic rings. The molecule has 0 bridgehead atoms. The summed E-state index contributed by atoms with van der Waals surface area (Å²) in [6, 6.07) is 13.1. The number of methoxy groups -OCH3 is 1. The summed E-state index contributed by atoms with van der Waals surface area (Å²) in [5.74, 6) is 0.802. The van der Waals surface area contributed by atoms with Gasteiger partial charge in [-0.2, -0.15) is 13.2 Å². The van der Waals surface area contributed by atoms with E-state index in [2.05, 4.69) is 4.90 Å². The van der Waals surface area contributed by atoms with Crippen molar-refractivity contribution in [3.8, 4) is 5.75 Å². The van der Waals surface area contributed by atoms with E-state index in [4.69, 9.17) is 4.74 Å². The number of amides is 1. The number of carbonyl (C=O) groups is 1. The van der Waals surface area contributed by atoms with Gasteiger partial charge in [0.15, 0.2) is 0 Å². The van der Waals surface area contributed by atoms with Crippen molar-refractivity contribution in [2.24, 2.45) is 0 Å². The van der Waals surface area contributed by atoms with Crippen LogP contribution in [0.2, 0.25) is 0 Å². The SMILES string of the molecule is COc1ccccc1CN1CCN(C(=O)C2(c3cccc(C(F)(F)F)c3)CC2)CC1. The van der Waals surface area contributed by atoms with Gasteiger partial charge >= 0.3 is 6.18 Å². The first-order valence-electron chi connectivity index (χ1n) is 10.1. The van der Waals surface area contributed by atoms with Gasteiger partial charge in [0, 0.05) is 38.3 Å². The number of carbonyl (C=O) groups excluding carboxylic acids is 1. The Labute approximate surface area is 174 Å². The van der Waals surface area contributed by atoms with Gasteiger partial charge in [-0.25, -0.2) is 0 Å². The molecule has 2 aliphatic rings. The van der Waals surface area contributed by atoms with Crippen molar-refractivity contribution in [3.05, 3.63) is 65.2 Å². The standard InChI is InChI=1S/C23H25F3N2O2/c1-30-20-8-3-2-5-17(20)16-27-11-13-28(14-12-27)21(29)22(9-10-22)18-6-4-7-19(15-18)23(24,25)26/h2-8,15H,9-14,16H2,1H3. The number of piperazine rings is 1. The predicted molar refractivity (Wildman–Crippen MR) is 107 cm³/mol. The van der Waals surface area contributed by atoms with E-state index >= 15 is 0 Å². The van der Waals surface area contributed by atoms with E-state index in [-0.39, 0.29) is 5.91 Å². The fraction of sp³-hybridized carbons (Fsp3) is 0.435. The van der Waals surface area contributed by atoms with Gasteiger partial charge in [-0.1, -0.05) is 36.4 Å². The van der Waals surface area contributed by atoms with E-state index in [0.717, 1.165) is 43.1 Å². The Morgan fingerprint density at radius 3 is 2.37 bits per heavy atom. The van der Waals surface area contributed by atoms with E-state index < -0.39 is 17.2 Å². The molecule has 0 N–H and O–H groups in total. The molecule has 1 amide bonds. The van der Waals surface area contributed by atoms with Crippen LogP contribution in [0.15, 0.2) is 48.5 Å². The summed E-state index contributed by atoms with van der Waals surface area (Å²) < 4.78 is 44.7. The molecule has 2 fully saturated rings. The minimum atomic E-state index is -4.40. The second-order valence-electron chi connectivity index (χ2n) is 8.04. The van der Waals surface area contributed by atoms with Crippen LogP contribution >= 0.6 is 0 Å². The second-order valence-corrected chi connectivity index (χ2v) is 8.04. The number of hydrogen-bond donors (Lipinski definition) is 0. The molecule has 30 heavy (non-hydrogen) atoms. The van der Waals surface area contributed by atoms with E-state index in [1.165, 1.54) is 6.07 Å². The number of rotatable bonds is 5. The summed E-state index contributed by atoms with van der Waals surface area (Å²) in [7, 11) is 1.65. The van der Waals surface area contributed by atoms with Crippen molar-refractivity contribution >= 4 is 5.91 Å². The number of ether oxygens (including phenoxy) is 1. The Kier molecular flexibility index (Phi) is 5.49. The quantitative estimate of drug-likeness (QED) is 0.733. The number of hydrogen-bond acceptors (Lipinski definition) is 3. The molecule has 0 radical (unpaired) electrons. The Morgan fingerprint density at radius 1 is 1.03 bits per heavy atom. The van der Waals surface area contributed by atoms with Crippen LogP contribution in [0.3, 0.4) is 0 Å². The van der Waals surface area contributed by atoms with E-state index in [0.29, 0.717) is 31.5 Å². The maximum absolute atomic E-state index is 13.2. The van der Waals surface area contributed by atoms with Crippen LogP contribution in [0.25, 0.3) is 0 Å². The highest BCUT2D eigenvalue weighted by Gasteiger charge is 2.53. The molecule has 1 saturated heterocycles. The topological polar surface area (TPSA) is 32.8 Å². The van der Waals surface area contributed by atoms with Gasteiger partial charge < -0.3 is 9.64 Å². The first-order chi connectivity index (χ1) is 14.3. The van der Waals surface area contributed by atoms with Crippen molar-refractivity contribution in [3.63, 3.8) is 0 Å². The van der Waals surface area contributed by atoms with Crippen LogP contribution in [-0.2, 0) is 22.9 Å². The molecule has 7 heteroatoms. The van der Waals surface area contributed by atoms with Crippen molar-refractivity contribution < 1.29 is 22.7 Å². The third-order valence-corrected chi connectivity index (χ3v) is 6.15. The average molecular weight is 418 g/mol. The summed E-state index contributed by atoms with van der Waals surface area (Å²) in [5, 5.41) is 0. The molecule has 2 aromatic carbocycles.